The first kappa shape index (κ1) is 14.0. The highest BCUT2D eigenvalue weighted by Gasteiger charge is 2.25. The van der Waals surface area contributed by atoms with Gasteiger partial charge in [-0.25, -0.2) is 4.39 Å². The van der Waals surface area contributed by atoms with Crippen LogP contribution in [0.3, 0.4) is 0 Å². The van der Waals surface area contributed by atoms with Crippen LogP contribution in [0, 0.1) is 5.82 Å². The Kier molecular flexibility index (Phi) is 4.56. The lowest BCUT2D eigenvalue weighted by atomic mass is 10.1. The van der Waals surface area contributed by atoms with Gasteiger partial charge in [0.2, 0.25) is 0 Å². The molecule has 2 rings (SSSR count). The molecule has 1 fully saturated rings. The molecule has 1 unspecified atom stereocenters. The van der Waals surface area contributed by atoms with Crippen molar-refractivity contribution in [3.05, 3.63) is 35.1 Å². The molecule has 19 heavy (non-hydrogen) atoms. The minimum absolute atomic E-state index is 0.151. The number of aryl methyl sites for hydroxylation is 1. The van der Waals surface area contributed by atoms with Gasteiger partial charge in [-0.1, -0.05) is 25.8 Å². The van der Waals surface area contributed by atoms with E-state index >= 15 is 0 Å². The van der Waals surface area contributed by atoms with E-state index in [1.165, 1.54) is 6.07 Å². The van der Waals surface area contributed by atoms with Gasteiger partial charge in [-0.3, -0.25) is 4.79 Å². The maximum absolute atomic E-state index is 13.9. The number of benzene rings is 1. The third kappa shape index (κ3) is 3.14. The van der Waals surface area contributed by atoms with Crippen LogP contribution in [-0.2, 0) is 6.42 Å². The third-order valence-electron chi connectivity index (χ3n) is 3.98. The molecule has 0 spiro atoms. The Morgan fingerprint density at radius 3 is 2.89 bits per heavy atom. The molecular weight excluding hydrogens is 241 g/mol. The molecule has 1 aromatic carbocycles. The van der Waals surface area contributed by atoms with E-state index in [1.807, 2.05) is 11.8 Å². The lowest BCUT2D eigenvalue weighted by molar-refractivity contribution is 0.0693. The first-order chi connectivity index (χ1) is 9.13. The van der Waals surface area contributed by atoms with E-state index in [0.29, 0.717) is 0 Å². The molecule has 1 saturated heterocycles. The highest BCUT2D eigenvalue weighted by molar-refractivity contribution is 5.95. The van der Waals surface area contributed by atoms with Crippen molar-refractivity contribution in [1.82, 2.24) is 4.90 Å². The second-order valence-electron chi connectivity index (χ2n) is 5.36. The molecule has 3 heteroatoms. The Hall–Kier alpha value is -1.38. The second-order valence-corrected chi connectivity index (χ2v) is 5.36. The molecule has 0 aromatic heterocycles. The summed E-state index contributed by atoms with van der Waals surface area (Å²) in [4.78, 5) is 14.4. The van der Waals surface area contributed by atoms with E-state index in [4.69, 9.17) is 0 Å². The van der Waals surface area contributed by atoms with Crippen LogP contribution in [-0.4, -0.2) is 23.4 Å². The zero-order valence-corrected chi connectivity index (χ0v) is 11.8. The fourth-order valence-corrected chi connectivity index (χ4v) is 2.69. The fourth-order valence-electron chi connectivity index (χ4n) is 2.69. The molecule has 104 valence electrons. The molecule has 2 nitrogen and oxygen atoms in total. The van der Waals surface area contributed by atoms with Gasteiger partial charge < -0.3 is 4.90 Å². The number of carbonyl (C=O) groups excluding carboxylic acids is 1. The number of hydrogen-bond acceptors (Lipinski definition) is 1. The van der Waals surface area contributed by atoms with E-state index < -0.39 is 5.82 Å². The number of likely N-dealkylation sites (tertiary alicyclic amines) is 1. The molecule has 0 radical (unpaired) electrons. The van der Waals surface area contributed by atoms with Crippen molar-refractivity contribution in [3.8, 4) is 0 Å². The average Bonchev–Trinajstić information content (AvgIpc) is 2.63. The van der Waals surface area contributed by atoms with Gasteiger partial charge in [-0.05, 0) is 43.9 Å². The van der Waals surface area contributed by atoms with E-state index in [0.717, 1.165) is 44.2 Å². The summed E-state index contributed by atoms with van der Waals surface area (Å²) in [7, 11) is 0. The first-order valence-electron chi connectivity index (χ1n) is 7.23. The number of carbonyl (C=O) groups is 1. The zero-order chi connectivity index (χ0) is 13.8. The second kappa shape index (κ2) is 6.18. The summed E-state index contributed by atoms with van der Waals surface area (Å²) in [5.74, 6) is -0.555. The van der Waals surface area contributed by atoms with Crippen LogP contribution in [0.2, 0.25) is 0 Å². The van der Waals surface area contributed by atoms with Gasteiger partial charge >= 0.3 is 0 Å². The summed E-state index contributed by atoms with van der Waals surface area (Å²) in [6, 6.07) is 5.07. The van der Waals surface area contributed by atoms with Crippen molar-refractivity contribution in [2.45, 2.75) is 52.0 Å². The van der Waals surface area contributed by atoms with Crippen molar-refractivity contribution < 1.29 is 9.18 Å². The van der Waals surface area contributed by atoms with Crippen molar-refractivity contribution in [2.75, 3.05) is 6.54 Å². The van der Waals surface area contributed by atoms with Crippen LogP contribution >= 0.6 is 0 Å². The number of nitrogens with zero attached hydrogens (tertiary/aromatic N) is 1. The van der Waals surface area contributed by atoms with Crippen LogP contribution in [0.15, 0.2) is 18.2 Å². The van der Waals surface area contributed by atoms with Gasteiger partial charge in [0.1, 0.15) is 5.82 Å². The minimum Gasteiger partial charge on any atom is -0.336 e. The summed E-state index contributed by atoms with van der Waals surface area (Å²) >= 11 is 0. The lowest BCUT2D eigenvalue weighted by Gasteiger charge is -2.27. The van der Waals surface area contributed by atoms with Gasteiger partial charge in [0.15, 0.2) is 0 Å². The Morgan fingerprint density at radius 1 is 1.37 bits per heavy atom. The fraction of sp³-hybridized carbons (Fsp3) is 0.562. The largest absolute Gasteiger partial charge is 0.336 e. The van der Waals surface area contributed by atoms with Crippen molar-refractivity contribution in [3.63, 3.8) is 0 Å². The molecule has 1 aliphatic heterocycles. The van der Waals surface area contributed by atoms with Crippen LogP contribution in [0.1, 0.15) is 55.5 Å². The molecule has 1 heterocycles. The standard InChI is InChI=1S/C16H22FNO/c1-3-13-8-9-15(17)14(11-13)16(19)18-10-6-4-5-7-12(18)2/h8-9,11-12H,3-7,10H2,1-2H3. The monoisotopic (exact) mass is 263 g/mol. The van der Waals surface area contributed by atoms with Crippen LogP contribution in [0.25, 0.3) is 0 Å². The first-order valence-corrected chi connectivity index (χ1v) is 7.23. The molecule has 1 amide bonds. The average molecular weight is 263 g/mol. The number of amides is 1. The predicted molar refractivity (Wildman–Crippen MR) is 74.7 cm³/mol. The minimum atomic E-state index is -0.404. The highest BCUT2D eigenvalue weighted by atomic mass is 19.1. The molecule has 1 atom stereocenters. The maximum atomic E-state index is 13.9. The highest BCUT2D eigenvalue weighted by Crippen LogP contribution is 2.21. The van der Waals surface area contributed by atoms with Gasteiger partial charge in [-0.2, -0.15) is 0 Å². The third-order valence-corrected chi connectivity index (χ3v) is 3.98. The summed E-state index contributed by atoms with van der Waals surface area (Å²) < 4.78 is 13.9. The van der Waals surface area contributed by atoms with Crippen LogP contribution in [0.4, 0.5) is 4.39 Å². The van der Waals surface area contributed by atoms with Crippen molar-refractivity contribution in [1.29, 1.82) is 0 Å². The van der Waals surface area contributed by atoms with Gasteiger partial charge in [0.05, 0.1) is 5.56 Å². The summed E-state index contributed by atoms with van der Waals surface area (Å²) in [5.41, 5.74) is 1.24. The molecule has 0 saturated carbocycles. The number of rotatable bonds is 2. The Morgan fingerprint density at radius 2 is 2.16 bits per heavy atom. The number of halogens is 1. The van der Waals surface area contributed by atoms with E-state index in [9.17, 15) is 9.18 Å². The van der Waals surface area contributed by atoms with E-state index in [1.54, 1.807) is 12.1 Å². The zero-order valence-electron chi connectivity index (χ0n) is 11.8. The molecule has 1 aliphatic rings. The molecule has 0 N–H and O–H groups in total. The SMILES string of the molecule is CCc1ccc(F)c(C(=O)N2CCCCCC2C)c1. The topological polar surface area (TPSA) is 20.3 Å². The molecular formula is C16H22FNO. The van der Waals surface area contributed by atoms with E-state index in [-0.39, 0.29) is 17.5 Å². The van der Waals surface area contributed by atoms with Gasteiger partial charge in [-0.15, -0.1) is 0 Å². The number of hydrogen-bond donors (Lipinski definition) is 0. The van der Waals surface area contributed by atoms with Gasteiger partial charge in [0.25, 0.3) is 5.91 Å². The molecule has 1 aromatic rings. The molecule has 0 aliphatic carbocycles. The van der Waals surface area contributed by atoms with Crippen LogP contribution in [0.5, 0.6) is 0 Å². The Bertz CT molecular complexity index is 458. The summed E-state index contributed by atoms with van der Waals surface area (Å²) in [5, 5.41) is 0. The van der Waals surface area contributed by atoms with Gasteiger partial charge in [0, 0.05) is 12.6 Å². The van der Waals surface area contributed by atoms with Crippen molar-refractivity contribution >= 4 is 5.91 Å². The lowest BCUT2D eigenvalue weighted by Crippen LogP contribution is -2.38. The van der Waals surface area contributed by atoms with Crippen LogP contribution < -0.4 is 0 Å². The summed E-state index contributed by atoms with van der Waals surface area (Å²) in [6.45, 7) is 4.82. The predicted octanol–water partition coefficient (Wildman–Crippen LogP) is 3.79. The maximum Gasteiger partial charge on any atom is 0.257 e. The molecule has 0 bridgehead atoms. The Labute approximate surface area is 114 Å². The smallest absolute Gasteiger partial charge is 0.257 e. The normalized spacial score (nSPS) is 20.2. The summed E-state index contributed by atoms with van der Waals surface area (Å²) in [6.07, 6.45) is 5.16. The van der Waals surface area contributed by atoms with Crippen molar-refractivity contribution in [2.24, 2.45) is 0 Å². The quantitative estimate of drug-likeness (QED) is 0.795. The van der Waals surface area contributed by atoms with E-state index in [2.05, 4.69) is 6.92 Å². The Balaban J connectivity index is 2.26.